The summed E-state index contributed by atoms with van der Waals surface area (Å²) in [7, 11) is 0. The lowest BCUT2D eigenvalue weighted by molar-refractivity contribution is 0.0875. The van der Waals surface area contributed by atoms with Crippen molar-refractivity contribution in [3.63, 3.8) is 0 Å². The van der Waals surface area contributed by atoms with Crippen LogP contribution in [0.4, 0.5) is 11.8 Å². The molecule has 0 amide bonds. The average molecular weight is 250 g/mol. The van der Waals surface area contributed by atoms with Crippen LogP contribution in [0.5, 0.6) is 0 Å². The highest BCUT2D eigenvalue weighted by Crippen LogP contribution is 2.26. The zero-order valence-electron chi connectivity index (χ0n) is 9.35. The number of nitrogens with zero attached hydrogens (tertiary/aromatic N) is 2. The third-order valence-corrected chi connectivity index (χ3v) is 3.65. The normalized spacial score (nSPS) is 20.6. The van der Waals surface area contributed by atoms with Gasteiger partial charge in [-0.1, -0.05) is 0 Å². The number of hydrogen-bond donors (Lipinski definition) is 2. The number of anilines is 2. The van der Waals surface area contributed by atoms with Gasteiger partial charge in [0.1, 0.15) is 10.6 Å². The minimum Gasteiger partial charge on any atom is -0.379 e. The van der Waals surface area contributed by atoms with Gasteiger partial charge in [0.2, 0.25) is 5.95 Å². The monoisotopic (exact) mass is 250 g/mol. The van der Waals surface area contributed by atoms with Crippen LogP contribution in [0.3, 0.4) is 0 Å². The SMILES string of the molecule is Nc1nc(NC2CCCOC2)c2ccsc2n1. The summed E-state index contributed by atoms with van der Waals surface area (Å²) >= 11 is 1.58. The smallest absolute Gasteiger partial charge is 0.223 e. The Labute approximate surface area is 103 Å². The Morgan fingerprint density at radius 3 is 3.24 bits per heavy atom. The van der Waals surface area contributed by atoms with Crippen LogP contribution < -0.4 is 11.1 Å². The first kappa shape index (κ1) is 10.7. The second kappa shape index (κ2) is 4.46. The third kappa shape index (κ3) is 2.18. The van der Waals surface area contributed by atoms with E-state index in [1.54, 1.807) is 11.3 Å². The number of aromatic nitrogens is 2. The van der Waals surface area contributed by atoms with Crippen LogP contribution in [-0.4, -0.2) is 29.2 Å². The van der Waals surface area contributed by atoms with E-state index in [-0.39, 0.29) is 0 Å². The number of fused-ring (bicyclic) bond motifs is 1. The second-order valence-corrected chi connectivity index (χ2v) is 5.02. The first-order valence-electron chi connectivity index (χ1n) is 5.68. The lowest BCUT2D eigenvalue weighted by Gasteiger charge is -2.23. The molecule has 1 saturated heterocycles. The van der Waals surface area contributed by atoms with Gasteiger partial charge in [-0.05, 0) is 24.3 Å². The number of ether oxygens (including phenoxy) is 1. The molecule has 1 fully saturated rings. The zero-order chi connectivity index (χ0) is 11.7. The molecule has 5 nitrogen and oxygen atoms in total. The summed E-state index contributed by atoms with van der Waals surface area (Å²) in [5.41, 5.74) is 5.70. The summed E-state index contributed by atoms with van der Waals surface area (Å²) in [5.74, 6) is 1.14. The molecule has 2 aromatic heterocycles. The Kier molecular flexibility index (Phi) is 2.82. The number of hydrogen-bond acceptors (Lipinski definition) is 6. The lowest BCUT2D eigenvalue weighted by Crippen LogP contribution is -2.30. The van der Waals surface area contributed by atoms with Crippen molar-refractivity contribution in [3.05, 3.63) is 11.4 Å². The summed E-state index contributed by atoms with van der Waals surface area (Å²) in [5, 5.41) is 6.44. The fourth-order valence-corrected chi connectivity index (χ4v) is 2.80. The van der Waals surface area contributed by atoms with Gasteiger partial charge in [0.25, 0.3) is 0 Å². The number of nitrogens with two attached hydrogens (primary N) is 1. The number of nitrogens with one attached hydrogen (secondary N) is 1. The predicted molar refractivity (Wildman–Crippen MR) is 69.3 cm³/mol. The first-order valence-corrected chi connectivity index (χ1v) is 6.56. The van der Waals surface area contributed by atoms with Crippen molar-refractivity contribution in [3.8, 4) is 0 Å². The van der Waals surface area contributed by atoms with E-state index in [0.29, 0.717) is 12.0 Å². The second-order valence-electron chi connectivity index (χ2n) is 4.13. The molecule has 0 aromatic carbocycles. The molecule has 6 heteroatoms. The summed E-state index contributed by atoms with van der Waals surface area (Å²) in [6.45, 7) is 1.59. The quantitative estimate of drug-likeness (QED) is 0.851. The number of rotatable bonds is 2. The molecule has 3 N–H and O–H groups in total. The maximum atomic E-state index is 5.70. The molecule has 1 aliphatic heterocycles. The highest BCUT2D eigenvalue weighted by atomic mass is 32.1. The molecule has 0 saturated carbocycles. The zero-order valence-corrected chi connectivity index (χ0v) is 10.2. The number of thiophene rings is 1. The molecule has 1 aliphatic rings. The molecule has 90 valence electrons. The van der Waals surface area contributed by atoms with Crippen LogP contribution in [0.2, 0.25) is 0 Å². The molecule has 1 atom stereocenters. The molecule has 17 heavy (non-hydrogen) atoms. The van der Waals surface area contributed by atoms with Gasteiger partial charge in [-0.25, -0.2) is 4.98 Å². The number of nitrogen functional groups attached to an aromatic ring is 1. The minimum absolute atomic E-state index is 0.319. The van der Waals surface area contributed by atoms with Gasteiger partial charge >= 0.3 is 0 Å². The van der Waals surface area contributed by atoms with E-state index in [1.807, 2.05) is 11.4 Å². The molecule has 0 bridgehead atoms. The molecule has 3 rings (SSSR count). The highest BCUT2D eigenvalue weighted by Gasteiger charge is 2.16. The Balaban J connectivity index is 1.90. The standard InChI is InChI=1S/C11H14N4OS/c12-11-14-9(8-3-5-17-10(8)15-11)13-7-2-1-4-16-6-7/h3,5,7H,1-2,4,6H2,(H3,12,13,14,15). The van der Waals surface area contributed by atoms with Gasteiger partial charge in [0, 0.05) is 6.61 Å². The van der Waals surface area contributed by atoms with Crippen LogP contribution in [0, 0.1) is 0 Å². The van der Waals surface area contributed by atoms with Crippen LogP contribution in [0.25, 0.3) is 10.2 Å². The van der Waals surface area contributed by atoms with Gasteiger partial charge < -0.3 is 15.8 Å². The molecule has 2 aromatic rings. The summed E-state index contributed by atoms with van der Waals surface area (Å²) < 4.78 is 5.44. The maximum absolute atomic E-state index is 5.70. The van der Waals surface area contributed by atoms with E-state index in [0.717, 1.165) is 42.1 Å². The summed E-state index contributed by atoms with van der Waals surface area (Å²) in [4.78, 5) is 9.41. The molecule has 0 aliphatic carbocycles. The van der Waals surface area contributed by atoms with Gasteiger partial charge in [0.05, 0.1) is 18.0 Å². The third-order valence-electron chi connectivity index (χ3n) is 2.84. The van der Waals surface area contributed by atoms with E-state index in [1.165, 1.54) is 0 Å². The van der Waals surface area contributed by atoms with Crippen molar-refractivity contribution in [2.75, 3.05) is 24.3 Å². The van der Waals surface area contributed by atoms with Crippen molar-refractivity contribution in [2.45, 2.75) is 18.9 Å². The van der Waals surface area contributed by atoms with Crippen molar-refractivity contribution in [2.24, 2.45) is 0 Å². The molecular formula is C11H14N4OS. The van der Waals surface area contributed by atoms with Gasteiger partial charge in [-0.2, -0.15) is 4.98 Å². The Hall–Kier alpha value is -1.40. The molecule has 0 spiro atoms. The maximum Gasteiger partial charge on any atom is 0.223 e. The van der Waals surface area contributed by atoms with Gasteiger partial charge in [-0.3, -0.25) is 0 Å². The molecular weight excluding hydrogens is 236 g/mol. The van der Waals surface area contributed by atoms with Crippen LogP contribution in [-0.2, 0) is 4.74 Å². The van der Waals surface area contributed by atoms with Gasteiger partial charge in [0.15, 0.2) is 0 Å². The van der Waals surface area contributed by atoms with E-state index in [9.17, 15) is 0 Å². The minimum atomic E-state index is 0.319. The molecule has 0 radical (unpaired) electrons. The Bertz CT molecular complexity index is 521. The van der Waals surface area contributed by atoms with Crippen LogP contribution in [0.15, 0.2) is 11.4 Å². The Morgan fingerprint density at radius 1 is 1.47 bits per heavy atom. The van der Waals surface area contributed by atoms with Crippen molar-refractivity contribution in [1.29, 1.82) is 0 Å². The van der Waals surface area contributed by atoms with E-state index in [4.69, 9.17) is 10.5 Å². The topological polar surface area (TPSA) is 73.1 Å². The van der Waals surface area contributed by atoms with Crippen molar-refractivity contribution < 1.29 is 4.74 Å². The van der Waals surface area contributed by atoms with Gasteiger partial charge in [-0.15, -0.1) is 11.3 Å². The van der Waals surface area contributed by atoms with Crippen molar-refractivity contribution in [1.82, 2.24) is 9.97 Å². The van der Waals surface area contributed by atoms with E-state index >= 15 is 0 Å². The molecule has 3 heterocycles. The van der Waals surface area contributed by atoms with Crippen LogP contribution in [0.1, 0.15) is 12.8 Å². The fraction of sp³-hybridized carbons (Fsp3) is 0.455. The summed E-state index contributed by atoms with van der Waals surface area (Å²) in [6.07, 6.45) is 2.19. The average Bonchev–Trinajstić information content (AvgIpc) is 2.78. The Morgan fingerprint density at radius 2 is 2.41 bits per heavy atom. The van der Waals surface area contributed by atoms with E-state index in [2.05, 4.69) is 15.3 Å². The van der Waals surface area contributed by atoms with Crippen LogP contribution >= 0.6 is 11.3 Å². The largest absolute Gasteiger partial charge is 0.379 e. The molecule has 1 unspecified atom stereocenters. The fourth-order valence-electron chi connectivity index (χ4n) is 2.03. The first-order chi connectivity index (χ1) is 8.33. The predicted octanol–water partition coefficient (Wildman–Crippen LogP) is 1.86. The van der Waals surface area contributed by atoms with E-state index < -0.39 is 0 Å². The van der Waals surface area contributed by atoms with Crippen molar-refractivity contribution >= 4 is 33.3 Å². The summed E-state index contributed by atoms with van der Waals surface area (Å²) in [6, 6.07) is 2.34. The lowest BCUT2D eigenvalue weighted by atomic mass is 10.1. The highest BCUT2D eigenvalue weighted by molar-refractivity contribution is 7.16.